The molecule has 0 aliphatic carbocycles. The third-order valence-electron chi connectivity index (χ3n) is 5.97. The zero-order valence-corrected chi connectivity index (χ0v) is 23.2. The van der Waals surface area contributed by atoms with Crippen molar-refractivity contribution in [1.29, 1.82) is 0 Å². The van der Waals surface area contributed by atoms with Crippen LogP contribution in [0.15, 0.2) is 74.2 Å². The molecule has 0 saturated heterocycles. The molecule has 6 rings (SSSR count). The molecule has 0 atom stereocenters. The van der Waals surface area contributed by atoms with Crippen molar-refractivity contribution in [1.82, 2.24) is 44.9 Å². The fraction of sp³-hybridized carbons (Fsp3) is 0.300. The molecule has 0 N–H and O–H groups in total. The standard InChI is InChI=1S/3C10H11N3/c1-7(2)10-8-5-11-6-13-9(8)3-4-12-10;1-7(2)9-10-8(3-4-12-9)5-11-6-13-10;1-7(2)9-10-8(3-4-12-9)11-5-6-13-10/h3*3-7H,1-2H3. The molecule has 6 heterocycles. The first kappa shape index (κ1) is 27.5. The average molecular weight is 520 g/mol. The van der Waals surface area contributed by atoms with Crippen molar-refractivity contribution in [3.05, 3.63) is 91.3 Å². The van der Waals surface area contributed by atoms with Crippen molar-refractivity contribution < 1.29 is 0 Å². The lowest BCUT2D eigenvalue weighted by Gasteiger charge is -2.06. The number of aromatic nitrogens is 9. The lowest BCUT2D eigenvalue weighted by atomic mass is 10.1. The van der Waals surface area contributed by atoms with Gasteiger partial charge in [-0.05, 0) is 36.0 Å². The highest BCUT2D eigenvalue weighted by Gasteiger charge is 2.08. The fourth-order valence-corrected chi connectivity index (χ4v) is 4.08. The highest BCUT2D eigenvalue weighted by Crippen LogP contribution is 2.21. The second kappa shape index (κ2) is 12.8. The summed E-state index contributed by atoms with van der Waals surface area (Å²) in [5.74, 6) is 1.20. The largest absolute Gasteiger partial charge is 0.260 e. The van der Waals surface area contributed by atoms with Crippen molar-refractivity contribution in [3.8, 4) is 0 Å². The number of fused-ring (bicyclic) bond motifs is 3. The van der Waals surface area contributed by atoms with Gasteiger partial charge in [0.15, 0.2) is 0 Å². The minimum absolute atomic E-state index is 0.389. The van der Waals surface area contributed by atoms with Crippen LogP contribution in [-0.2, 0) is 0 Å². The van der Waals surface area contributed by atoms with Crippen molar-refractivity contribution in [2.24, 2.45) is 0 Å². The fourth-order valence-electron chi connectivity index (χ4n) is 4.08. The van der Waals surface area contributed by atoms with Crippen LogP contribution < -0.4 is 0 Å². The Hall–Kier alpha value is -4.53. The first-order chi connectivity index (χ1) is 18.9. The summed E-state index contributed by atoms with van der Waals surface area (Å²) in [6.07, 6.45) is 15.6. The summed E-state index contributed by atoms with van der Waals surface area (Å²) in [7, 11) is 0. The molecule has 6 aromatic heterocycles. The number of nitrogens with zero attached hydrogens (tertiary/aromatic N) is 9. The van der Waals surface area contributed by atoms with E-state index in [4.69, 9.17) is 0 Å². The summed E-state index contributed by atoms with van der Waals surface area (Å²) < 4.78 is 0. The lowest BCUT2D eigenvalue weighted by Crippen LogP contribution is -1.96. The highest BCUT2D eigenvalue weighted by molar-refractivity contribution is 5.80. The molecule has 0 radical (unpaired) electrons. The van der Waals surface area contributed by atoms with Gasteiger partial charge in [-0.15, -0.1) is 0 Å². The minimum atomic E-state index is 0.389. The number of hydrogen-bond donors (Lipinski definition) is 0. The number of hydrogen-bond acceptors (Lipinski definition) is 9. The van der Waals surface area contributed by atoms with E-state index in [9.17, 15) is 0 Å². The molecule has 0 aliphatic rings. The van der Waals surface area contributed by atoms with Gasteiger partial charge in [-0.3, -0.25) is 24.9 Å². The Morgan fingerprint density at radius 2 is 1.03 bits per heavy atom. The van der Waals surface area contributed by atoms with Gasteiger partial charge in [0.25, 0.3) is 0 Å². The topological polar surface area (TPSA) is 116 Å². The first-order valence-corrected chi connectivity index (χ1v) is 13.0. The van der Waals surface area contributed by atoms with E-state index in [1.807, 2.05) is 30.6 Å². The number of rotatable bonds is 3. The van der Waals surface area contributed by atoms with E-state index in [-0.39, 0.29) is 0 Å². The first-order valence-electron chi connectivity index (χ1n) is 13.0. The van der Waals surface area contributed by atoms with E-state index in [2.05, 4.69) is 86.4 Å². The minimum Gasteiger partial charge on any atom is -0.260 e. The van der Waals surface area contributed by atoms with Crippen molar-refractivity contribution in [2.45, 2.75) is 59.3 Å². The molecule has 0 unspecified atom stereocenters. The summed E-state index contributed by atoms with van der Waals surface area (Å²) in [6, 6.07) is 5.72. The van der Waals surface area contributed by atoms with Gasteiger partial charge in [0.2, 0.25) is 0 Å². The van der Waals surface area contributed by atoms with Gasteiger partial charge in [-0.1, -0.05) is 41.5 Å². The second-order valence-corrected chi connectivity index (χ2v) is 9.89. The van der Waals surface area contributed by atoms with Crippen LogP contribution in [0.3, 0.4) is 0 Å². The molecule has 39 heavy (non-hydrogen) atoms. The van der Waals surface area contributed by atoms with E-state index < -0.39 is 0 Å². The van der Waals surface area contributed by atoms with Crippen molar-refractivity contribution in [3.63, 3.8) is 0 Å². The molecule has 6 aromatic rings. The van der Waals surface area contributed by atoms with E-state index in [1.54, 1.807) is 43.6 Å². The van der Waals surface area contributed by atoms with Crippen LogP contribution in [0, 0.1) is 0 Å². The van der Waals surface area contributed by atoms with Gasteiger partial charge in [-0.25, -0.2) is 19.9 Å². The van der Waals surface area contributed by atoms with E-state index in [0.29, 0.717) is 17.8 Å². The third-order valence-corrected chi connectivity index (χ3v) is 5.97. The molecule has 0 spiro atoms. The molecule has 0 aromatic carbocycles. The zero-order chi connectivity index (χ0) is 27.8. The van der Waals surface area contributed by atoms with Gasteiger partial charge >= 0.3 is 0 Å². The maximum absolute atomic E-state index is 4.33. The average Bonchev–Trinajstić information content (AvgIpc) is 2.96. The Morgan fingerprint density at radius 1 is 0.462 bits per heavy atom. The van der Waals surface area contributed by atoms with Gasteiger partial charge < -0.3 is 0 Å². The molecule has 198 valence electrons. The SMILES string of the molecule is CC(C)c1nccc2cncnc12.CC(C)c1nccc2nccnc12.CC(C)c1nccc2ncncc12. The molecule has 0 amide bonds. The summed E-state index contributed by atoms with van der Waals surface area (Å²) in [5, 5.41) is 2.11. The quantitative estimate of drug-likeness (QED) is 0.260. The van der Waals surface area contributed by atoms with Crippen LogP contribution in [0.5, 0.6) is 0 Å². The van der Waals surface area contributed by atoms with Crippen LogP contribution in [0.1, 0.15) is 76.4 Å². The van der Waals surface area contributed by atoms with E-state index >= 15 is 0 Å². The van der Waals surface area contributed by atoms with Crippen molar-refractivity contribution in [2.75, 3.05) is 0 Å². The number of pyridine rings is 3. The Kier molecular flexibility index (Phi) is 9.04. The van der Waals surface area contributed by atoms with Crippen LogP contribution in [-0.4, -0.2) is 44.9 Å². The van der Waals surface area contributed by atoms with Crippen molar-refractivity contribution >= 4 is 32.8 Å². The van der Waals surface area contributed by atoms with Gasteiger partial charge in [0.1, 0.15) is 18.2 Å². The molecule has 0 saturated carbocycles. The second-order valence-electron chi connectivity index (χ2n) is 9.89. The highest BCUT2D eigenvalue weighted by atomic mass is 14.8. The monoisotopic (exact) mass is 519 g/mol. The molecular weight excluding hydrogens is 486 g/mol. The van der Waals surface area contributed by atoms with Gasteiger partial charge in [-0.2, -0.15) is 0 Å². The summed E-state index contributed by atoms with van der Waals surface area (Å²) >= 11 is 0. The molecule has 0 aliphatic heterocycles. The maximum atomic E-state index is 4.33. The molecule has 9 nitrogen and oxygen atoms in total. The van der Waals surface area contributed by atoms with Crippen LogP contribution in [0.25, 0.3) is 32.8 Å². The van der Waals surface area contributed by atoms with E-state index in [0.717, 1.165) is 49.9 Å². The van der Waals surface area contributed by atoms with Crippen LogP contribution in [0.2, 0.25) is 0 Å². The zero-order valence-electron chi connectivity index (χ0n) is 23.2. The Bertz CT molecular complexity index is 1450. The van der Waals surface area contributed by atoms with Crippen LogP contribution in [0.4, 0.5) is 0 Å². The molecular formula is C30H33N9. The third kappa shape index (κ3) is 6.67. The molecule has 0 bridgehead atoms. The smallest absolute Gasteiger partial charge is 0.116 e. The van der Waals surface area contributed by atoms with E-state index in [1.165, 1.54) is 0 Å². The maximum Gasteiger partial charge on any atom is 0.116 e. The molecule has 9 heteroatoms. The Balaban J connectivity index is 0.000000136. The predicted molar refractivity (Wildman–Crippen MR) is 154 cm³/mol. The lowest BCUT2D eigenvalue weighted by molar-refractivity contribution is 0.829. The van der Waals surface area contributed by atoms with Gasteiger partial charge in [0, 0.05) is 54.2 Å². The Labute approximate surface area is 228 Å². The predicted octanol–water partition coefficient (Wildman–Crippen LogP) is 6.44. The van der Waals surface area contributed by atoms with Gasteiger partial charge in [0.05, 0.1) is 33.6 Å². The Morgan fingerprint density at radius 3 is 1.74 bits per heavy atom. The summed E-state index contributed by atoms with van der Waals surface area (Å²) in [4.78, 5) is 37.8. The summed E-state index contributed by atoms with van der Waals surface area (Å²) in [6.45, 7) is 12.7. The normalized spacial score (nSPS) is 11.0. The van der Waals surface area contributed by atoms with Crippen LogP contribution >= 0.6 is 0 Å². The molecule has 0 fully saturated rings. The summed E-state index contributed by atoms with van der Waals surface area (Å²) in [5.41, 5.74) is 6.89.